The minimum absolute atomic E-state index is 0.0696. The van der Waals surface area contributed by atoms with Gasteiger partial charge in [-0.25, -0.2) is 0 Å². The van der Waals surface area contributed by atoms with Crippen molar-refractivity contribution in [3.8, 4) is 17.6 Å². The minimum atomic E-state index is -0.276. The molecule has 1 N–H and O–H groups in total. The molecule has 0 fully saturated rings. The molecule has 3 rings (SSSR count). The number of amides is 1. The van der Waals surface area contributed by atoms with E-state index in [-0.39, 0.29) is 24.2 Å². The van der Waals surface area contributed by atoms with Crippen LogP contribution in [0.4, 0.5) is 5.69 Å². The standard InChI is InChI=1S/C20H18N2O4/c1-3-25-19-8-13(10-21)4-7-18(19)26-11-17(23)14-5-6-16-15(9-14)12(2)20(24)22-16/h4-9,12H,3,11H2,1-2H3,(H,22,24)/t12-/m0/s1. The van der Waals surface area contributed by atoms with Gasteiger partial charge in [0.15, 0.2) is 23.9 Å². The number of nitrogens with one attached hydrogen (secondary N) is 1. The molecule has 1 aliphatic heterocycles. The molecule has 2 aromatic carbocycles. The fraction of sp³-hybridized carbons (Fsp3) is 0.250. The van der Waals surface area contributed by atoms with E-state index in [1.165, 1.54) is 0 Å². The van der Waals surface area contributed by atoms with Crippen molar-refractivity contribution in [1.82, 2.24) is 0 Å². The van der Waals surface area contributed by atoms with Crippen LogP contribution >= 0.6 is 0 Å². The second-order valence-electron chi connectivity index (χ2n) is 5.93. The average Bonchev–Trinajstić information content (AvgIpc) is 2.94. The number of ether oxygens (including phenoxy) is 2. The molecular formula is C20H18N2O4. The van der Waals surface area contributed by atoms with Crippen LogP contribution in [0.1, 0.15) is 41.3 Å². The van der Waals surface area contributed by atoms with Crippen molar-refractivity contribution in [2.75, 3.05) is 18.5 Å². The number of carbonyl (C=O) groups excluding carboxylic acids is 2. The van der Waals surface area contributed by atoms with Crippen molar-refractivity contribution in [2.24, 2.45) is 0 Å². The number of Topliss-reactive ketones (excluding diaryl/α,β-unsaturated/α-hetero) is 1. The maximum Gasteiger partial charge on any atom is 0.231 e. The number of ketones is 1. The van der Waals surface area contributed by atoms with Gasteiger partial charge in [0, 0.05) is 17.3 Å². The van der Waals surface area contributed by atoms with Crippen LogP contribution in [-0.2, 0) is 4.79 Å². The van der Waals surface area contributed by atoms with E-state index in [1.54, 1.807) is 43.3 Å². The molecule has 0 spiro atoms. The number of benzene rings is 2. The molecule has 132 valence electrons. The molecule has 26 heavy (non-hydrogen) atoms. The number of nitrogens with zero attached hydrogens (tertiary/aromatic N) is 1. The van der Waals surface area contributed by atoms with Gasteiger partial charge in [0.25, 0.3) is 0 Å². The van der Waals surface area contributed by atoms with Gasteiger partial charge in [0.2, 0.25) is 5.91 Å². The first-order valence-electron chi connectivity index (χ1n) is 8.31. The number of nitriles is 1. The Morgan fingerprint density at radius 2 is 2.00 bits per heavy atom. The first-order valence-corrected chi connectivity index (χ1v) is 8.31. The molecule has 0 bridgehead atoms. The van der Waals surface area contributed by atoms with Gasteiger partial charge in [-0.15, -0.1) is 0 Å². The summed E-state index contributed by atoms with van der Waals surface area (Å²) in [5, 5.41) is 11.8. The summed E-state index contributed by atoms with van der Waals surface area (Å²) in [6.45, 7) is 3.88. The average molecular weight is 350 g/mol. The minimum Gasteiger partial charge on any atom is -0.490 e. The molecule has 0 radical (unpaired) electrons. The van der Waals surface area contributed by atoms with Crippen LogP contribution in [0.2, 0.25) is 0 Å². The van der Waals surface area contributed by atoms with Crippen LogP contribution in [0, 0.1) is 11.3 Å². The maximum atomic E-state index is 12.5. The molecule has 6 heteroatoms. The van der Waals surface area contributed by atoms with E-state index in [0.29, 0.717) is 29.2 Å². The van der Waals surface area contributed by atoms with E-state index < -0.39 is 0 Å². The smallest absolute Gasteiger partial charge is 0.231 e. The van der Waals surface area contributed by atoms with E-state index >= 15 is 0 Å². The lowest BCUT2D eigenvalue weighted by molar-refractivity contribution is -0.116. The zero-order valence-electron chi connectivity index (χ0n) is 14.5. The monoisotopic (exact) mass is 350 g/mol. The molecule has 0 unspecified atom stereocenters. The molecule has 0 aliphatic carbocycles. The first-order chi connectivity index (χ1) is 12.5. The van der Waals surface area contributed by atoms with Gasteiger partial charge < -0.3 is 14.8 Å². The van der Waals surface area contributed by atoms with E-state index in [0.717, 1.165) is 11.3 Å². The lowest BCUT2D eigenvalue weighted by Gasteiger charge is -2.12. The topological polar surface area (TPSA) is 88.4 Å². The van der Waals surface area contributed by atoms with Crippen molar-refractivity contribution in [3.05, 3.63) is 53.1 Å². The number of rotatable bonds is 6. The highest BCUT2D eigenvalue weighted by Gasteiger charge is 2.27. The van der Waals surface area contributed by atoms with Gasteiger partial charge in [-0.2, -0.15) is 5.26 Å². The van der Waals surface area contributed by atoms with Gasteiger partial charge in [-0.05, 0) is 49.7 Å². The lowest BCUT2D eigenvalue weighted by atomic mass is 9.99. The summed E-state index contributed by atoms with van der Waals surface area (Å²) >= 11 is 0. The third-order valence-corrected chi connectivity index (χ3v) is 4.22. The zero-order valence-corrected chi connectivity index (χ0v) is 14.5. The Balaban J connectivity index is 1.74. The summed E-state index contributed by atoms with van der Waals surface area (Å²) in [5.74, 6) is 0.287. The molecule has 1 atom stereocenters. The summed E-state index contributed by atoms with van der Waals surface area (Å²) in [6.07, 6.45) is 0. The second-order valence-corrected chi connectivity index (χ2v) is 5.93. The van der Waals surface area contributed by atoms with Crippen molar-refractivity contribution in [1.29, 1.82) is 5.26 Å². The fourth-order valence-electron chi connectivity index (χ4n) is 2.78. The second kappa shape index (κ2) is 7.28. The number of hydrogen-bond acceptors (Lipinski definition) is 5. The van der Waals surface area contributed by atoms with Gasteiger partial charge >= 0.3 is 0 Å². The zero-order chi connectivity index (χ0) is 18.7. The molecule has 6 nitrogen and oxygen atoms in total. The third kappa shape index (κ3) is 3.38. The number of anilines is 1. The van der Waals surface area contributed by atoms with Gasteiger partial charge in [0.1, 0.15) is 0 Å². The summed E-state index contributed by atoms with van der Waals surface area (Å²) < 4.78 is 11.1. The van der Waals surface area contributed by atoms with Crippen LogP contribution in [0.25, 0.3) is 0 Å². The Labute approximate surface area is 151 Å². The Morgan fingerprint density at radius 1 is 1.19 bits per heavy atom. The van der Waals surface area contributed by atoms with Crippen LogP contribution < -0.4 is 14.8 Å². The SMILES string of the molecule is CCOc1cc(C#N)ccc1OCC(=O)c1ccc2c(c1)[C@H](C)C(=O)N2. The molecule has 1 aliphatic rings. The number of hydrogen-bond donors (Lipinski definition) is 1. The summed E-state index contributed by atoms with van der Waals surface area (Å²) in [5.41, 5.74) is 2.50. The van der Waals surface area contributed by atoms with Crippen LogP contribution in [0.15, 0.2) is 36.4 Å². The number of fused-ring (bicyclic) bond motifs is 1. The summed E-state index contributed by atoms with van der Waals surface area (Å²) in [4.78, 5) is 24.2. The maximum absolute atomic E-state index is 12.5. The van der Waals surface area contributed by atoms with Gasteiger partial charge in [-0.1, -0.05) is 0 Å². The van der Waals surface area contributed by atoms with E-state index in [2.05, 4.69) is 5.32 Å². The van der Waals surface area contributed by atoms with Gasteiger partial charge in [-0.3, -0.25) is 9.59 Å². The van der Waals surface area contributed by atoms with E-state index in [1.807, 2.05) is 13.0 Å². The normalized spacial score (nSPS) is 15.0. The van der Waals surface area contributed by atoms with Crippen LogP contribution in [-0.4, -0.2) is 24.9 Å². The lowest BCUT2D eigenvalue weighted by Crippen LogP contribution is -2.12. The Bertz CT molecular complexity index is 915. The predicted octanol–water partition coefficient (Wildman–Crippen LogP) is 3.27. The Kier molecular flexibility index (Phi) is 4.90. The van der Waals surface area contributed by atoms with Crippen molar-refractivity contribution in [3.63, 3.8) is 0 Å². The molecular weight excluding hydrogens is 332 g/mol. The Hall–Kier alpha value is -3.33. The van der Waals surface area contributed by atoms with E-state index in [9.17, 15) is 9.59 Å². The van der Waals surface area contributed by atoms with Crippen molar-refractivity contribution < 1.29 is 19.1 Å². The summed E-state index contributed by atoms with van der Waals surface area (Å²) in [7, 11) is 0. The summed E-state index contributed by atoms with van der Waals surface area (Å²) in [6, 6.07) is 12.0. The van der Waals surface area contributed by atoms with Crippen LogP contribution in [0.5, 0.6) is 11.5 Å². The quantitative estimate of drug-likeness (QED) is 0.808. The van der Waals surface area contributed by atoms with Crippen molar-refractivity contribution >= 4 is 17.4 Å². The third-order valence-electron chi connectivity index (χ3n) is 4.22. The predicted molar refractivity (Wildman–Crippen MR) is 95.6 cm³/mol. The molecule has 1 amide bonds. The van der Waals surface area contributed by atoms with Gasteiger partial charge in [0.05, 0.1) is 24.2 Å². The fourth-order valence-corrected chi connectivity index (χ4v) is 2.78. The van der Waals surface area contributed by atoms with Crippen molar-refractivity contribution in [2.45, 2.75) is 19.8 Å². The number of carbonyl (C=O) groups is 2. The highest BCUT2D eigenvalue weighted by molar-refractivity contribution is 6.05. The highest BCUT2D eigenvalue weighted by Crippen LogP contribution is 2.33. The Morgan fingerprint density at radius 3 is 2.73 bits per heavy atom. The molecule has 2 aromatic rings. The highest BCUT2D eigenvalue weighted by atomic mass is 16.5. The molecule has 0 saturated heterocycles. The molecule has 0 saturated carbocycles. The molecule has 0 aromatic heterocycles. The van der Waals surface area contributed by atoms with E-state index in [4.69, 9.17) is 14.7 Å². The largest absolute Gasteiger partial charge is 0.490 e. The van der Waals surface area contributed by atoms with Crippen LogP contribution in [0.3, 0.4) is 0 Å². The molecule has 1 heterocycles. The first kappa shape index (κ1) is 17.5.